The Morgan fingerprint density at radius 2 is 2.05 bits per heavy atom. The van der Waals surface area contributed by atoms with Crippen molar-refractivity contribution in [3.8, 4) is 0 Å². The standard InChI is InChI=1S/C15H23BrN2O2/c1-12-14(16)4-5-15(17-12)18-8-6-13(7-9-18)20-11-3-10-19-2/h4-5,13H,3,6-11H2,1-2H3. The first-order valence-corrected chi connectivity index (χ1v) is 7.98. The molecule has 2 heterocycles. The van der Waals surface area contributed by atoms with E-state index in [1.54, 1.807) is 7.11 Å². The molecule has 0 amide bonds. The van der Waals surface area contributed by atoms with Crippen molar-refractivity contribution < 1.29 is 9.47 Å². The summed E-state index contributed by atoms with van der Waals surface area (Å²) in [5.41, 5.74) is 1.04. The Hall–Kier alpha value is -0.650. The number of aromatic nitrogens is 1. The molecule has 4 nitrogen and oxygen atoms in total. The van der Waals surface area contributed by atoms with Gasteiger partial charge in [0.1, 0.15) is 5.82 Å². The molecule has 1 saturated heterocycles. The highest BCUT2D eigenvalue weighted by Gasteiger charge is 2.20. The zero-order chi connectivity index (χ0) is 14.4. The number of nitrogens with zero attached hydrogens (tertiary/aromatic N) is 2. The molecule has 20 heavy (non-hydrogen) atoms. The summed E-state index contributed by atoms with van der Waals surface area (Å²) < 4.78 is 12.0. The smallest absolute Gasteiger partial charge is 0.128 e. The highest BCUT2D eigenvalue weighted by molar-refractivity contribution is 9.10. The van der Waals surface area contributed by atoms with Gasteiger partial charge >= 0.3 is 0 Å². The number of aryl methyl sites for hydroxylation is 1. The van der Waals surface area contributed by atoms with E-state index in [4.69, 9.17) is 9.47 Å². The minimum Gasteiger partial charge on any atom is -0.385 e. The second-order valence-electron chi connectivity index (χ2n) is 5.14. The maximum absolute atomic E-state index is 5.88. The molecule has 0 N–H and O–H groups in total. The van der Waals surface area contributed by atoms with Crippen molar-refractivity contribution in [3.63, 3.8) is 0 Å². The molecule has 1 fully saturated rings. The van der Waals surface area contributed by atoms with Crippen LogP contribution in [-0.4, -0.2) is 44.5 Å². The Kier molecular flexibility index (Phi) is 6.26. The lowest BCUT2D eigenvalue weighted by molar-refractivity contribution is 0.0257. The lowest BCUT2D eigenvalue weighted by Gasteiger charge is -2.33. The number of halogens is 1. The van der Waals surface area contributed by atoms with Gasteiger partial charge in [-0.1, -0.05) is 0 Å². The first-order chi connectivity index (χ1) is 9.70. The quantitative estimate of drug-likeness (QED) is 0.743. The monoisotopic (exact) mass is 342 g/mol. The second-order valence-corrected chi connectivity index (χ2v) is 5.99. The van der Waals surface area contributed by atoms with Crippen LogP contribution < -0.4 is 4.90 Å². The molecule has 0 spiro atoms. The van der Waals surface area contributed by atoms with E-state index in [1.807, 2.05) is 6.92 Å². The van der Waals surface area contributed by atoms with Gasteiger partial charge in [0, 0.05) is 37.9 Å². The summed E-state index contributed by atoms with van der Waals surface area (Å²) in [5, 5.41) is 0. The molecule has 0 bridgehead atoms. The topological polar surface area (TPSA) is 34.6 Å². The maximum Gasteiger partial charge on any atom is 0.128 e. The lowest BCUT2D eigenvalue weighted by atomic mass is 10.1. The van der Waals surface area contributed by atoms with Gasteiger partial charge in [-0.15, -0.1) is 0 Å². The Morgan fingerprint density at radius 3 is 2.70 bits per heavy atom. The van der Waals surface area contributed by atoms with E-state index in [-0.39, 0.29) is 0 Å². The van der Waals surface area contributed by atoms with Crippen LogP contribution in [0, 0.1) is 6.92 Å². The summed E-state index contributed by atoms with van der Waals surface area (Å²) >= 11 is 3.49. The van der Waals surface area contributed by atoms with E-state index in [0.717, 1.165) is 61.6 Å². The molecule has 1 aromatic rings. The average Bonchev–Trinajstić information content (AvgIpc) is 2.47. The summed E-state index contributed by atoms with van der Waals surface area (Å²) in [6.45, 7) is 5.64. The number of methoxy groups -OCH3 is 1. The fourth-order valence-corrected chi connectivity index (χ4v) is 2.63. The Morgan fingerprint density at radius 1 is 1.30 bits per heavy atom. The Labute approximate surface area is 129 Å². The van der Waals surface area contributed by atoms with Crippen LogP contribution in [-0.2, 0) is 9.47 Å². The molecular formula is C15H23BrN2O2. The van der Waals surface area contributed by atoms with E-state index in [9.17, 15) is 0 Å². The molecule has 0 atom stereocenters. The average molecular weight is 343 g/mol. The number of rotatable bonds is 6. The molecule has 0 aliphatic carbocycles. The molecule has 0 radical (unpaired) electrons. The molecule has 2 rings (SSSR count). The van der Waals surface area contributed by atoms with Crippen LogP contribution >= 0.6 is 15.9 Å². The van der Waals surface area contributed by atoms with Gasteiger partial charge < -0.3 is 14.4 Å². The predicted molar refractivity (Wildman–Crippen MR) is 84.4 cm³/mol. The van der Waals surface area contributed by atoms with E-state index in [2.05, 4.69) is 37.9 Å². The van der Waals surface area contributed by atoms with E-state index < -0.39 is 0 Å². The second kappa shape index (κ2) is 7.96. The summed E-state index contributed by atoms with van der Waals surface area (Å²) in [6, 6.07) is 4.15. The summed E-state index contributed by atoms with van der Waals surface area (Å²) in [5.74, 6) is 1.07. The molecule has 5 heteroatoms. The van der Waals surface area contributed by atoms with Gasteiger partial charge in [0.05, 0.1) is 11.8 Å². The van der Waals surface area contributed by atoms with E-state index in [0.29, 0.717) is 6.10 Å². The van der Waals surface area contributed by atoms with E-state index in [1.165, 1.54) is 0 Å². The van der Waals surface area contributed by atoms with Crippen molar-refractivity contribution in [3.05, 3.63) is 22.3 Å². The third-order valence-corrected chi connectivity index (χ3v) is 4.46. The number of anilines is 1. The van der Waals surface area contributed by atoms with Gasteiger partial charge in [-0.25, -0.2) is 4.98 Å². The molecule has 0 unspecified atom stereocenters. The number of ether oxygens (including phenoxy) is 2. The van der Waals surface area contributed by atoms with Crippen molar-refractivity contribution in [2.24, 2.45) is 0 Å². The number of piperidine rings is 1. The highest BCUT2D eigenvalue weighted by atomic mass is 79.9. The zero-order valence-corrected chi connectivity index (χ0v) is 13.9. The number of hydrogen-bond acceptors (Lipinski definition) is 4. The zero-order valence-electron chi connectivity index (χ0n) is 12.3. The largest absolute Gasteiger partial charge is 0.385 e. The van der Waals surface area contributed by atoms with Gasteiger partial charge in [-0.2, -0.15) is 0 Å². The number of pyridine rings is 1. The summed E-state index contributed by atoms with van der Waals surface area (Å²) in [7, 11) is 1.73. The minimum absolute atomic E-state index is 0.389. The third-order valence-electron chi connectivity index (χ3n) is 3.62. The molecule has 112 valence electrons. The normalized spacial score (nSPS) is 16.6. The fourth-order valence-electron chi connectivity index (χ4n) is 2.41. The van der Waals surface area contributed by atoms with Crippen molar-refractivity contribution in [1.29, 1.82) is 0 Å². The van der Waals surface area contributed by atoms with Gasteiger partial charge in [0.25, 0.3) is 0 Å². The Balaban J connectivity index is 1.77. The van der Waals surface area contributed by atoms with Crippen LogP contribution in [0.2, 0.25) is 0 Å². The van der Waals surface area contributed by atoms with Crippen molar-refractivity contribution in [1.82, 2.24) is 4.98 Å². The molecular weight excluding hydrogens is 320 g/mol. The van der Waals surface area contributed by atoms with Gasteiger partial charge in [-0.3, -0.25) is 0 Å². The van der Waals surface area contributed by atoms with Gasteiger partial charge in [-0.05, 0) is 54.2 Å². The fraction of sp³-hybridized carbons (Fsp3) is 0.667. The number of hydrogen-bond donors (Lipinski definition) is 0. The van der Waals surface area contributed by atoms with Gasteiger partial charge in [0.2, 0.25) is 0 Å². The van der Waals surface area contributed by atoms with Crippen LogP contribution in [0.3, 0.4) is 0 Å². The van der Waals surface area contributed by atoms with Crippen molar-refractivity contribution in [2.45, 2.75) is 32.3 Å². The van der Waals surface area contributed by atoms with Crippen LogP contribution in [0.25, 0.3) is 0 Å². The molecule has 1 aliphatic heterocycles. The van der Waals surface area contributed by atoms with Crippen LogP contribution in [0.1, 0.15) is 25.0 Å². The minimum atomic E-state index is 0.389. The Bertz CT molecular complexity index is 420. The highest BCUT2D eigenvalue weighted by Crippen LogP contribution is 2.23. The van der Waals surface area contributed by atoms with Crippen LogP contribution in [0.15, 0.2) is 16.6 Å². The lowest BCUT2D eigenvalue weighted by Crippen LogP contribution is -2.37. The maximum atomic E-state index is 5.88. The predicted octanol–water partition coefficient (Wildman–Crippen LogP) is 3.17. The van der Waals surface area contributed by atoms with E-state index >= 15 is 0 Å². The summed E-state index contributed by atoms with van der Waals surface area (Å²) in [4.78, 5) is 6.97. The molecule has 1 aromatic heterocycles. The first-order valence-electron chi connectivity index (χ1n) is 7.19. The molecule has 0 saturated carbocycles. The SMILES string of the molecule is COCCCOC1CCN(c2ccc(Br)c(C)n2)CC1. The third kappa shape index (κ3) is 4.43. The van der Waals surface area contributed by atoms with Crippen LogP contribution in [0.4, 0.5) is 5.82 Å². The van der Waals surface area contributed by atoms with Crippen molar-refractivity contribution in [2.75, 3.05) is 38.3 Å². The van der Waals surface area contributed by atoms with Gasteiger partial charge in [0.15, 0.2) is 0 Å². The van der Waals surface area contributed by atoms with Crippen molar-refractivity contribution >= 4 is 21.7 Å². The summed E-state index contributed by atoms with van der Waals surface area (Å²) in [6.07, 6.45) is 3.51. The van der Waals surface area contributed by atoms with Crippen LogP contribution in [0.5, 0.6) is 0 Å². The molecule has 1 aliphatic rings. The first kappa shape index (κ1) is 15.7. The molecule has 0 aromatic carbocycles.